The van der Waals surface area contributed by atoms with E-state index in [0.717, 1.165) is 49.9 Å². The van der Waals surface area contributed by atoms with Crippen molar-refractivity contribution in [2.45, 2.75) is 56.1 Å². The van der Waals surface area contributed by atoms with Gasteiger partial charge in [-0.1, -0.05) is 130 Å². The van der Waals surface area contributed by atoms with Crippen LogP contribution in [0.15, 0.2) is 115 Å². The van der Waals surface area contributed by atoms with Crippen molar-refractivity contribution in [1.29, 1.82) is 0 Å². The summed E-state index contributed by atoms with van der Waals surface area (Å²) < 4.78 is 7.83. The molecule has 2 amide bonds. The molecule has 1 aliphatic rings. The lowest BCUT2D eigenvalue weighted by atomic mass is 9.75. The predicted molar refractivity (Wildman–Crippen MR) is 186 cm³/mol. The summed E-state index contributed by atoms with van der Waals surface area (Å²) in [6.45, 7) is 11.2. The third-order valence-corrected chi connectivity index (χ3v) is 15.4. The SMILES string of the molecule is CC(C)(C)[Si](C)(C)Oc1ccc(CC2SC(=O)N(C(c3ccccc3)(c3ccccc3)c3ccccc3)C2=O)c2sccc12. The van der Waals surface area contributed by atoms with E-state index in [9.17, 15) is 9.59 Å². The molecule has 224 valence electrons. The van der Waals surface area contributed by atoms with E-state index in [-0.39, 0.29) is 16.2 Å². The Morgan fingerprint density at radius 3 is 1.77 bits per heavy atom. The fourth-order valence-corrected chi connectivity index (χ4v) is 8.80. The number of imide groups is 1. The summed E-state index contributed by atoms with van der Waals surface area (Å²) >= 11 is 2.79. The molecule has 1 unspecified atom stereocenters. The van der Waals surface area contributed by atoms with Gasteiger partial charge in [0.25, 0.3) is 13.6 Å². The maximum atomic E-state index is 14.6. The normalized spacial score (nSPS) is 16.1. The van der Waals surface area contributed by atoms with Crippen LogP contribution in [-0.2, 0) is 16.8 Å². The fourth-order valence-electron chi connectivity index (χ4n) is 5.79. The maximum Gasteiger partial charge on any atom is 0.290 e. The minimum Gasteiger partial charge on any atom is -0.543 e. The molecular formula is C37H37NO3S2Si. The van der Waals surface area contributed by atoms with Crippen LogP contribution in [0.25, 0.3) is 10.1 Å². The van der Waals surface area contributed by atoms with E-state index in [1.807, 2.05) is 91.0 Å². The number of fused-ring (bicyclic) bond motifs is 1. The van der Waals surface area contributed by atoms with E-state index in [4.69, 9.17) is 4.43 Å². The molecule has 5 aromatic rings. The number of benzene rings is 4. The van der Waals surface area contributed by atoms with Crippen LogP contribution in [0.3, 0.4) is 0 Å². The molecule has 0 spiro atoms. The fraction of sp³-hybridized carbons (Fsp3) is 0.243. The average Bonchev–Trinajstić information content (AvgIpc) is 3.62. The van der Waals surface area contributed by atoms with Crippen molar-refractivity contribution in [3.05, 3.63) is 137 Å². The first kappa shape index (κ1) is 30.4. The van der Waals surface area contributed by atoms with Crippen molar-refractivity contribution in [3.63, 3.8) is 0 Å². The van der Waals surface area contributed by atoms with Gasteiger partial charge in [-0.3, -0.25) is 14.5 Å². The number of carbonyl (C=O) groups excluding carboxylic acids is 2. The zero-order valence-electron chi connectivity index (χ0n) is 25.7. The minimum absolute atomic E-state index is 0.0769. The molecule has 1 aromatic heterocycles. The van der Waals surface area contributed by atoms with E-state index < -0.39 is 19.1 Å². The Hall–Kier alpha value is -3.65. The highest BCUT2D eigenvalue weighted by atomic mass is 32.2. The van der Waals surface area contributed by atoms with Crippen LogP contribution < -0.4 is 4.43 Å². The van der Waals surface area contributed by atoms with E-state index in [2.05, 4.69) is 57.4 Å². The monoisotopic (exact) mass is 635 g/mol. The van der Waals surface area contributed by atoms with Gasteiger partial charge >= 0.3 is 0 Å². The minimum atomic E-state index is -2.04. The number of thioether (sulfide) groups is 1. The molecule has 0 radical (unpaired) electrons. The lowest BCUT2D eigenvalue weighted by Gasteiger charge is -2.42. The number of amides is 2. The second-order valence-corrected chi connectivity index (χ2v) is 19.6. The second-order valence-electron chi connectivity index (χ2n) is 12.8. The van der Waals surface area contributed by atoms with Gasteiger partial charge in [0.1, 0.15) is 11.3 Å². The van der Waals surface area contributed by atoms with Gasteiger partial charge in [-0.15, -0.1) is 11.3 Å². The standard InChI is InChI=1S/C37H37NO3S2Si/c1-36(2,3)44(4,5)41-31-22-21-26(33-30(31)23-24-42-33)25-32-34(39)38(35(40)43-32)37(27-15-9-6-10-16-27,28-17-11-7-12-18-28)29-19-13-8-14-20-29/h6-24,32H,25H2,1-5H3. The van der Waals surface area contributed by atoms with Crippen LogP contribution in [0, 0.1) is 0 Å². The highest BCUT2D eigenvalue weighted by Gasteiger charge is 2.54. The van der Waals surface area contributed by atoms with E-state index in [0.29, 0.717) is 6.42 Å². The first-order valence-corrected chi connectivity index (χ1v) is 19.6. The Morgan fingerprint density at radius 1 is 0.750 bits per heavy atom. The highest BCUT2D eigenvalue weighted by Crippen LogP contribution is 2.48. The van der Waals surface area contributed by atoms with Gasteiger partial charge in [0.15, 0.2) is 0 Å². The molecule has 1 atom stereocenters. The molecule has 1 fully saturated rings. The lowest BCUT2D eigenvalue weighted by molar-refractivity contribution is -0.129. The van der Waals surface area contributed by atoms with Crippen molar-refractivity contribution in [2.75, 3.05) is 0 Å². The van der Waals surface area contributed by atoms with Crippen LogP contribution in [0.1, 0.15) is 43.0 Å². The smallest absolute Gasteiger partial charge is 0.290 e. The van der Waals surface area contributed by atoms with Crippen molar-refractivity contribution < 1.29 is 14.0 Å². The molecule has 4 nitrogen and oxygen atoms in total. The van der Waals surface area contributed by atoms with E-state index >= 15 is 0 Å². The molecular weight excluding hydrogens is 599 g/mol. The largest absolute Gasteiger partial charge is 0.543 e. The molecule has 6 rings (SSSR count). The Kier molecular flexibility index (Phi) is 8.07. The second kappa shape index (κ2) is 11.7. The third-order valence-electron chi connectivity index (χ3n) is 9.07. The molecule has 44 heavy (non-hydrogen) atoms. The summed E-state index contributed by atoms with van der Waals surface area (Å²) in [6.07, 6.45) is 0.456. The van der Waals surface area contributed by atoms with Crippen LogP contribution >= 0.6 is 23.1 Å². The zero-order chi connectivity index (χ0) is 31.1. The van der Waals surface area contributed by atoms with Gasteiger partial charge in [-0.25, -0.2) is 0 Å². The third kappa shape index (κ3) is 5.21. The molecule has 0 bridgehead atoms. The van der Waals surface area contributed by atoms with Crippen molar-refractivity contribution in [1.82, 2.24) is 4.90 Å². The molecule has 1 saturated heterocycles. The van der Waals surface area contributed by atoms with Gasteiger partial charge in [0, 0.05) is 10.1 Å². The molecule has 7 heteroatoms. The van der Waals surface area contributed by atoms with Gasteiger partial charge in [0.05, 0.1) is 5.25 Å². The number of hydrogen-bond donors (Lipinski definition) is 0. The maximum absolute atomic E-state index is 14.6. The summed E-state index contributed by atoms with van der Waals surface area (Å²) in [4.78, 5) is 30.2. The number of nitrogens with zero attached hydrogens (tertiary/aromatic N) is 1. The lowest BCUT2D eigenvalue weighted by Crippen LogP contribution is -2.51. The Morgan fingerprint density at radius 2 is 1.27 bits per heavy atom. The first-order valence-electron chi connectivity index (χ1n) is 14.9. The molecule has 2 heterocycles. The quantitative estimate of drug-likeness (QED) is 0.126. The number of thiophene rings is 1. The molecule has 4 aromatic carbocycles. The van der Waals surface area contributed by atoms with Gasteiger partial charge in [-0.05, 0) is 64.3 Å². The first-order chi connectivity index (χ1) is 21.0. The Labute approximate surface area is 269 Å². The van der Waals surface area contributed by atoms with Crippen LogP contribution in [-0.4, -0.2) is 29.6 Å². The summed E-state index contributed by atoms with van der Waals surface area (Å²) in [5.41, 5.74) is 2.55. The molecule has 0 saturated carbocycles. The van der Waals surface area contributed by atoms with Gasteiger partial charge in [0.2, 0.25) is 5.91 Å². The van der Waals surface area contributed by atoms with Gasteiger partial charge in [-0.2, -0.15) is 0 Å². The molecule has 1 aliphatic heterocycles. The summed E-state index contributed by atoms with van der Waals surface area (Å²) in [5, 5.41) is 2.45. The van der Waals surface area contributed by atoms with Gasteiger partial charge < -0.3 is 4.43 Å². The zero-order valence-corrected chi connectivity index (χ0v) is 28.4. The topological polar surface area (TPSA) is 46.6 Å². The van der Waals surface area contributed by atoms with Crippen molar-refractivity contribution >= 4 is 52.6 Å². The summed E-state index contributed by atoms with van der Waals surface area (Å²) in [5.74, 6) is 0.721. The summed E-state index contributed by atoms with van der Waals surface area (Å²) in [6, 6.07) is 36.0. The van der Waals surface area contributed by atoms with E-state index in [1.165, 1.54) is 4.90 Å². The van der Waals surface area contributed by atoms with Crippen molar-refractivity contribution in [2.24, 2.45) is 0 Å². The number of hydrogen-bond acceptors (Lipinski definition) is 5. The molecule has 0 N–H and O–H groups in total. The van der Waals surface area contributed by atoms with Crippen LogP contribution in [0.2, 0.25) is 18.1 Å². The van der Waals surface area contributed by atoms with Crippen molar-refractivity contribution in [3.8, 4) is 5.75 Å². The average molecular weight is 636 g/mol. The summed E-state index contributed by atoms with van der Waals surface area (Å²) in [7, 11) is -2.04. The number of rotatable bonds is 8. The highest BCUT2D eigenvalue weighted by molar-refractivity contribution is 8.15. The Balaban J connectivity index is 1.41. The number of carbonyl (C=O) groups is 2. The van der Waals surface area contributed by atoms with E-state index in [1.54, 1.807) is 11.3 Å². The molecule has 0 aliphatic carbocycles. The Bertz CT molecular complexity index is 1700. The van der Waals surface area contributed by atoms with Crippen LogP contribution in [0.5, 0.6) is 5.75 Å². The van der Waals surface area contributed by atoms with Crippen LogP contribution in [0.4, 0.5) is 4.79 Å². The predicted octanol–water partition coefficient (Wildman–Crippen LogP) is 9.88.